The molecule has 0 aromatic carbocycles. The molecule has 1 saturated heterocycles. The van der Waals surface area contributed by atoms with Gasteiger partial charge in [-0.15, -0.1) is 0 Å². The maximum Gasteiger partial charge on any atom is 0.266 e. The van der Waals surface area contributed by atoms with Crippen molar-refractivity contribution in [3.05, 3.63) is 12.2 Å². The highest BCUT2D eigenvalue weighted by Gasteiger charge is 2.31. The second kappa shape index (κ2) is 6.62. The first-order valence-electron chi connectivity index (χ1n) is 6.89. The van der Waals surface area contributed by atoms with E-state index in [1.807, 2.05) is 0 Å². The summed E-state index contributed by atoms with van der Waals surface area (Å²) < 4.78 is 35.4. The van der Waals surface area contributed by atoms with Gasteiger partial charge in [-0.05, 0) is 44.1 Å². The van der Waals surface area contributed by atoms with E-state index < -0.39 is 6.08 Å². The molecule has 1 aliphatic heterocycles. The first-order chi connectivity index (χ1) is 8.65. The van der Waals surface area contributed by atoms with E-state index in [1.54, 1.807) is 0 Å². The van der Waals surface area contributed by atoms with Crippen LogP contribution in [0.4, 0.5) is 8.78 Å². The van der Waals surface area contributed by atoms with Crippen molar-refractivity contribution in [1.29, 1.82) is 0 Å². The average molecular weight is 260 g/mol. The topological polar surface area (TPSA) is 18.5 Å². The van der Waals surface area contributed by atoms with E-state index in [0.717, 1.165) is 45.0 Å². The van der Waals surface area contributed by atoms with Gasteiger partial charge in [-0.25, -0.2) is 0 Å². The van der Waals surface area contributed by atoms with E-state index >= 15 is 0 Å². The summed E-state index contributed by atoms with van der Waals surface area (Å²) in [4.78, 5) is 0. The first kappa shape index (κ1) is 13.9. The molecule has 2 aliphatic rings. The van der Waals surface area contributed by atoms with Gasteiger partial charge in [0.25, 0.3) is 6.08 Å². The number of hydrogen-bond donors (Lipinski definition) is 0. The monoisotopic (exact) mass is 260 g/mol. The lowest BCUT2D eigenvalue weighted by atomic mass is 9.80. The molecule has 0 spiro atoms. The van der Waals surface area contributed by atoms with E-state index in [2.05, 4.69) is 6.92 Å². The SMILES string of the molecule is CC1COC(C2CCC(CC=C(F)F)CC2)OC1. The minimum atomic E-state index is -1.55. The van der Waals surface area contributed by atoms with Crippen LogP contribution in [0.25, 0.3) is 0 Å². The molecule has 0 amide bonds. The molecule has 104 valence electrons. The Kier molecular flexibility index (Phi) is 5.13. The molecule has 1 heterocycles. The standard InChI is InChI=1S/C14H22F2O2/c1-10-8-17-14(18-9-10)12-5-2-11(3-6-12)4-7-13(15)16/h7,10-12,14H,2-6,8-9H2,1H3. The van der Waals surface area contributed by atoms with Crippen LogP contribution in [-0.2, 0) is 9.47 Å². The highest BCUT2D eigenvalue weighted by atomic mass is 19.3. The zero-order chi connectivity index (χ0) is 13.0. The largest absolute Gasteiger partial charge is 0.352 e. The Morgan fingerprint density at radius 1 is 1.11 bits per heavy atom. The molecule has 2 rings (SSSR count). The van der Waals surface area contributed by atoms with Crippen LogP contribution in [0.5, 0.6) is 0 Å². The molecule has 0 aromatic heterocycles. The van der Waals surface area contributed by atoms with Crippen LogP contribution in [0, 0.1) is 17.8 Å². The average Bonchev–Trinajstić information content (AvgIpc) is 2.38. The fourth-order valence-electron chi connectivity index (χ4n) is 2.84. The van der Waals surface area contributed by atoms with Crippen molar-refractivity contribution in [2.45, 2.75) is 45.3 Å². The molecule has 0 aromatic rings. The number of halogens is 2. The van der Waals surface area contributed by atoms with Crippen molar-refractivity contribution in [2.24, 2.45) is 17.8 Å². The third-order valence-electron chi connectivity index (χ3n) is 3.97. The van der Waals surface area contributed by atoms with E-state index in [-0.39, 0.29) is 6.29 Å². The molecular weight excluding hydrogens is 238 g/mol. The van der Waals surface area contributed by atoms with Crippen LogP contribution >= 0.6 is 0 Å². The lowest BCUT2D eigenvalue weighted by Gasteiger charge is -2.36. The number of ether oxygens (including phenoxy) is 2. The summed E-state index contributed by atoms with van der Waals surface area (Å²) in [7, 11) is 0. The minimum absolute atomic E-state index is 0.0596. The number of allylic oxidation sites excluding steroid dienone is 1. The summed E-state index contributed by atoms with van der Waals surface area (Å²) in [6.45, 7) is 3.67. The van der Waals surface area contributed by atoms with Gasteiger partial charge >= 0.3 is 0 Å². The third-order valence-corrected chi connectivity index (χ3v) is 3.97. The van der Waals surface area contributed by atoms with Gasteiger partial charge in [-0.1, -0.05) is 6.92 Å². The van der Waals surface area contributed by atoms with Gasteiger partial charge in [0.1, 0.15) is 0 Å². The third kappa shape index (κ3) is 4.02. The molecule has 1 saturated carbocycles. The van der Waals surface area contributed by atoms with Gasteiger partial charge in [-0.3, -0.25) is 0 Å². The molecule has 0 atom stereocenters. The maximum atomic E-state index is 12.0. The number of rotatable bonds is 3. The lowest BCUT2D eigenvalue weighted by molar-refractivity contribution is -0.226. The van der Waals surface area contributed by atoms with Crippen molar-refractivity contribution in [1.82, 2.24) is 0 Å². The highest BCUT2D eigenvalue weighted by molar-refractivity contribution is 4.86. The predicted octanol–water partition coefficient (Wildman–Crippen LogP) is 3.97. The van der Waals surface area contributed by atoms with Crippen LogP contribution in [0.2, 0.25) is 0 Å². The highest BCUT2D eigenvalue weighted by Crippen LogP contribution is 2.35. The molecular formula is C14H22F2O2. The van der Waals surface area contributed by atoms with Crippen LogP contribution in [0.1, 0.15) is 39.0 Å². The molecule has 2 fully saturated rings. The second-order valence-corrected chi connectivity index (χ2v) is 5.65. The predicted molar refractivity (Wildman–Crippen MR) is 65.2 cm³/mol. The maximum absolute atomic E-state index is 12.0. The number of hydrogen-bond acceptors (Lipinski definition) is 2. The van der Waals surface area contributed by atoms with E-state index in [0.29, 0.717) is 24.2 Å². The van der Waals surface area contributed by atoms with Gasteiger partial charge < -0.3 is 9.47 Å². The molecule has 18 heavy (non-hydrogen) atoms. The van der Waals surface area contributed by atoms with Gasteiger partial charge in [0, 0.05) is 11.8 Å². The van der Waals surface area contributed by atoms with Crippen molar-refractivity contribution in [2.75, 3.05) is 13.2 Å². The van der Waals surface area contributed by atoms with E-state index in [9.17, 15) is 8.78 Å². The Hall–Kier alpha value is -0.480. The summed E-state index contributed by atoms with van der Waals surface area (Å²) >= 11 is 0. The Balaban J connectivity index is 1.71. The molecule has 4 heteroatoms. The molecule has 0 bridgehead atoms. The quantitative estimate of drug-likeness (QED) is 0.764. The van der Waals surface area contributed by atoms with Gasteiger partial charge in [0.15, 0.2) is 6.29 Å². The van der Waals surface area contributed by atoms with E-state index in [4.69, 9.17) is 9.47 Å². The van der Waals surface area contributed by atoms with Crippen molar-refractivity contribution >= 4 is 0 Å². The van der Waals surface area contributed by atoms with Crippen molar-refractivity contribution in [3.63, 3.8) is 0 Å². The van der Waals surface area contributed by atoms with Gasteiger partial charge in [-0.2, -0.15) is 8.78 Å². The molecule has 0 unspecified atom stereocenters. The Bertz CT molecular complexity index is 274. The summed E-state index contributed by atoms with van der Waals surface area (Å²) in [5.41, 5.74) is 0. The van der Waals surface area contributed by atoms with Crippen molar-refractivity contribution < 1.29 is 18.3 Å². The minimum Gasteiger partial charge on any atom is -0.352 e. The zero-order valence-corrected chi connectivity index (χ0v) is 10.9. The lowest BCUT2D eigenvalue weighted by Crippen LogP contribution is -2.37. The van der Waals surface area contributed by atoms with E-state index in [1.165, 1.54) is 0 Å². The Morgan fingerprint density at radius 3 is 2.28 bits per heavy atom. The molecule has 0 radical (unpaired) electrons. The molecule has 0 N–H and O–H groups in total. The van der Waals surface area contributed by atoms with Crippen molar-refractivity contribution in [3.8, 4) is 0 Å². The van der Waals surface area contributed by atoms with Crippen LogP contribution < -0.4 is 0 Å². The molecule has 2 nitrogen and oxygen atoms in total. The van der Waals surface area contributed by atoms with Gasteiger partial charge in [0.2, 0.25) is 0 Å². The van der Waals surface area contributed by atoms with Crippen LogP contribution in [0.3, 0.4) is 0 Å². The second-order valence-electron chi connectivity index (χ2n) is 5.65. The zero-order valence-electron chi connectivity index (χ0n) is 10.9. The Labute approximate surface area is 107 Å². The van der Waals surface area contributed by atoms with Gasteiger partial charge in [0.05, 0.1) is 13.2 Å². The summed E-state index contributed by atoms with van der Waals surface area (Å²) in [5, 5.41) is 0. The summed E-state index contributed by atoms with van der Waals surface area (Å²) in [6, 6.07) is 0. The summed E-state index contributed by atoms with van der Waals surface area (Å²) in [6.07, 6.45) is 4.04. The molecule has 1 aliphatic carbocycles. The normalized spacial score (nSPS) is 37.3. The van der Waals surface area contributed by atoms with Crippen LogP contribution in [-0.4, -0.2) is 19.5 Å². The fourth-order valence-corrected chi connectivity index (χ4v) is 2.84. The first-order valence-corrected chi connectivity index (χ1v) is 6.89. The Morgan fingerprint density at radius 2 is 1.72 bits per heavy atom. The fraction of sp³-hybridized carbons (Fsp3) is 0.857. The van der Waals surface area contributed by atoms with Crippen LogP contribution in [0.15, 0.2) is 12.2 Å². The summed E-state index contributed by atoms with van der Waals surface area (Å²) in [5.74, 6) is 1.34. The smallest absolute Gasteiger partial charge is 0.266 e.